The highest BCUT2D eigenvalue weighted by Gasteiger charge is 2.12. The van der Waals surface area contributed by atoms with Crippen molar-refractivity contribution in [1.29, 1.82) is 0 Å². The molecule has 1 N–H and O–H groups in total. The first-order valence-electron chi connectivity index (χ1n) is 12.5. The standard InChI is InChI=1S/C29H34N4O2/c1-5-7-8-22-9-13-24(14-10-22)33-31-27-17-21(4)26(18-28(27)32-33)30-29(34)19-35-25-15-11-23(12-16-25)20(3)6-2/h9-18,20H,5-8,19H2,1-4H3,(H,30,34)/t20-/m0/s1. The van der Waals surface area contributed by atoms with Crippen molar-refractivity contribution in [3.63, 3.8) is 0 Å². The largest absolute Gasteiger partial charge is 0.484 e. The number of rotatable bonds is 10. The number of benzene rings is 3. The van der Waals surface area contributed by atoms with E-state index in [2.05, 4.69) is 60.6 Å². The predicted molar refractivity (Wildman–Crippen MR) is 141 cm³/mol. The number of aryl methyl sites for hydroxylation is 2. The predicted octanol–water partition coefficient (Wildman–Crippen LogP) is 6.60. The van der Waals surface area contributed by atoms with Gasteiger partial charge in [-0.2, -0.15) is 4.80 Å². The van der Waals surface area contributed by atoms with Crippen LogP contribution in [0.25, 0.3) is 16.7 Å². The van der Waals surface area contributed by atoms with E-state index in [-0.39, 0.29) is 12.5 Å². The minimum Gasteiger partial charge on any atom is -0.484 e. The maximum atomic E-state index is 12.6. The van der Waals surface area contributed by atoms with E-state index in [1.54, 1.807) is 4.80 Å². The van der Waals surface area contributed by atoms with E-state index in [0.29, 0.717) is 17.4 Å². The molecule has 0 unspecified atom stereocenters. The summed E-state index contributed by atoms with van der Waals surface area (Å²) in [5.74, 6) is 0.977. The Morgan fingerprint density at radius 3 is 2.34 bits per heavy atom. The van der Waals surface area contributed by atoms with Gasteiger partial charge in [0.2, 0.25) is 0 Å². The number of fused-ring (bicyclic) bond motifs is 1. The van der Waals surface area contributed by atoms with Crippen molar-refractivity contribution in [2.45, 2.75) is 59.3 Å². The highest BCUT2D eigenvalue weighted by atomic mass is 16.5. The zero-order valence-corrected chi connectivity index (χ0v) is 21.0. The number of amides is 1. The summed E-state index contributed by atoms with van der Waals surface area (Å²) in [6.45, 7) is 8.46. The summed E-state index contributed by atoms with van der Waals surface area (Å²) in [4.78, 5) is 14.2. The van der Waals surface area contributed by atoms with Crippen LogP contribution in [-0.2, 0) is 11.2 Å². The van der Waals surface area contributed by atoms with Crippen LogP contribution in [0.2, 0.25) is 0 Å². The van der Waals surface area contributed by atoms with Crippen LogP contribution in [0.5, 0.6) is 5.75 Å². The van der Waals surface area contributed by atoms with Crippen molar-refractivity contribution >= 4 is 22.6 Å². The Hall–Kier alpha value is -3.67. The summed E-state index contributed by atoms with van der Waals surface area (Å²) in [5, 5.41) is 12.2. The third-order valence-corrected chi connectivity index (χ3v) is 6.42. The van der Waals surface area contributed by atoms with Crippen molar-refractivity contribution in [3.8, 4) is 11.4 Å². The molecule has 4 aromatic rings. The van der Waals surface area contributed by atoms with Crippen LogP contribution in [-0.4, -0.2) is 27.5 Å². The molecule has 0 aliphatic rings. The van der Waals surface area contributed by atoms with E-state index in [1.807, 2.05) is 43.3 Å². The van der Waals surface area contributed by atoms with Gasteiger partial charge in [-0.05, 0) is 85.2 Å². The second-order valence-corrected chi connectivity index (χ2v) is 9.13. The molecule has 35 heavy (non-hydrogen) atoms. The Kier molecular flexibility index (Phi) is 7.80. The molecule has 0 saturated carbocycles. The summed E-state index contributed by atoms with van der Waals surface area (Å²) < 4.78 is 5.69. The first kappa shape index (κ1) is 24.5. The minimum absolute atomic E-state index is 0.0583. The van der Waals surface area contributed by atoms with Crippen LogP contribution in [0.15, 0.2) is 60.7 Å². The molecular formula is C29H34N4O2. The molecule has 0 saturated heterocycles. The van der Waals surface area contributed by atoms with Gasteiger partial charge in [-0.15, -0.1) is 10.2 Å². The van der Waals surface area contributed by atoms with Gasteiger partial charge >= 0.3 is 0 Å². The molecule has 0 aliphatic heterocycles. The summed E-state index contributed by atoms with van der Waals surface area (Å²) in [7, 11) is 0. The lowest BCUT2D eigenvalue weighted by Crippen LogP contribution is -2.20. The first-order chi connectivity index (χ1) is 17.0. The average Bonchev–Trinajstić information content (AvgIpc) is 3.29. The van der Waals surface area contributed by atoms with Crippen LogP contribution in [0, 0.1) is 6.92 Å². The summed E-state index contributed by atoms with van der Waals surface area (Å²) in [5.41, 5.74) is 6.65. The van der Waals surface area contributed by atoms with E-state index in [0.717, 1.165) is 35.1 Å². The molecule has 6 heteroatoms. The van der Waals surface area contributed by atoms with Gasteiger partial charge in [0, 0.05) is 5.69 Å². The fourth-order valence-corrected chi connectivity index (χ4v) is 3.96. The molecule has 0 fully saturated rings. The normalized spacial score (nSPS) is 12.0. The Labute approximate surface area is 207 Å². The highest BCUT2D eigenvalue weighted by Crippen LogP contribution is 2.24. The van der Waals surface area contributed by atoms with Gasteiger partial charge in [-0.25, -0.2) is 0 Å². The van der Waals surface area contributed by atoms with Crippen LogP contribution in [0.4, 0.5) is 5.69 Å². The lowest BCUT2D eigenvalue weighted by molar-refractivity contribution is -0.118. The Bertz CT molecular complexity index is 1280. The average molecular weight is 471 g/mol. The highest BCUT2D eigenvalue weighted by molar-refractivity contribution is 5.95. The SMILES string of the molecule is CCCCc1ccc(-n2nc3cc(C)c(NC(=O)COc4ccc([C@@H](C)CC)cc4)cc3n2)cc1. The quantitative estimate of drug-likeness (QED) is 0.283. The zero-order valence-electron chi connectivity index (χ0n) is 21.0. The molecular weight excluding hydrogens is 436 g/mol. The molecule has 3 aromatic carbocycles. The molecule has 182 valence electrons. The third-order valence-electron chi connectivity index (χ3n) is 6.42. The number of unbranched alkanes of at least 4 members (excludes halogenated alkanes) is 1. The number of carbonyl (C=O) groups excluding carboxylic acids is 1. The van der Waals surface area contributed by atoms with Crippen molar-refractivity contribution < 1.29 is 9.53 Å². The monoisotopic (exact) mass is 470 g/mol. The van der Waals surface area contributed by atoms with Crippen molar-refractivity contribution in [1.82, 2.24) is 15.0 Å². The molecule has 1 atom stereocenters. The fraction of sp³-hybridized carbons (Fsp3) is 0.345. The molecule has 0 radical (unpaired) electrons. The minimum atomic E-state index is -0.214. The maximum absolute atomic E-state index is 12.6. The van der Waals surface area contributed by atoms with Crippen LogP contribution >= 0.6 is 0 Å². The first-order valence-corrected chi connectivity index (χ1v) is 12.5. The lowest BCUT2D eigenvalue weighted by atomic mass is 9.99. The molecule has 1 heterocycles. The van der Waals surface area contributed by atoms with Gasteiger partial charge in [0.25, 0.3) is 5.91 Å². The van der Waals surface area contributed by atoms with Crippen molar-refractivity contribution in [3.05, 3.63) is 77.4 Å². The number of hydrogen-bond donors (Lipinski definition) is 1. The smallest absolute Gasteiger partial charge is 0.262 e. The fourth-order valence-electron chi connectivity index (χ4n) is 3.96. The number of hydrogen-bond acceptors (Lipinski definition) is 4. The molecule has 6 nitrogen and oxygen atoms in total. The number of nitrogens with one attached hydrogen (secondary N) is 1. The second-order valence-electron chi connectivity index (χ2n) is 9.13. The summed E-state index contributed by atoms with van der Waals surface area (Å²) in [6.07, 6.45) is 4.54. The molecule has 4 rings (SSSR count). The van der Waals surface area contributed by atoms with Gasteiger partial charge in [0.05, 0.1) is 5.69 Å². The summed E-state index contributed by atoms with van der Waals surface area (Å²) >= 11 is 0. The number of ether oxygens (including phenoxy) is 1. The molecule has 0 bridgehead atoms. The number of aromatic nitrogens is 3. The van der Waals surface area contributed by atoms with E-state index in [4.69, 9.17) is 4.74 Å². The van der Waals surface area contributed by atoms with Crippen LogP contribution in [0.1, 0.15) is 62.6 Å². The Morgan fingerprint density at radius 2 is 1.69 bits per heavy atom. The van der Waals surface area contributed by atoms with Gasteiger partial charge in [0.15, 0.2) is 6.61 Å². The number of nitrogens with zero attached hydrogens (tertiary/aromatic N) is 3. The van der Waals surface area contributed by atoms with Gasteiger partial charge in [-0.3, -0.25) is 4.79 Å². The van der Waals surface area contributed by atoms with Crippen LogP contribution < -0.4 is 10.1 Å². The van der Waals surface area contributed by atoms with Gasteiger partial charge in [-0.1, -0.05) is 51.5 Å². The summed E-state index contributed by atoms with van der Waals surface area (Å²) in [6, 6.07) is 20.1. The van der Waals surface area contributed by atoms with Crippen molar-refractivity contribution in [2.75, 3.05) is 11.9 Å². The van der Waals surface area contributed by atoms with Crippen LogP contribution in [0.3, 0.4) is 0 Å². The van der Waals surface area contributed by atoms with Gasteiger partial charge < -0.3 is 10.1 Å². The molecule has 1 amide bonds. The van der Waals surface area contributed by atoms with Crippen molar-refractivity contribution in [2.24, 2.45) is 0 Å². The molecule has 1 aromatic heterocycles. The van der Waals surface area contributed by atoms with E-state index in [1.165, 1.54) is 24.0 Å². The van der Waals surface area contributed by atoms with E-state index in [9.17, 15) is 4.79 Å². The topological polar surface area (TPSA) is 69.0 Å². The third kappa shape index (κ3) is 6.07. The van der Waals surface area contributed by atoms with E-state index >= 15 is 0 Å². The molecule has 0 aliphatic carbocycles. The van der Waals surface area contributed by atoms with Gasteiger partial charge in [0.1, 0.15) is 16.8 Å². The number of carbonyl (C=O) groups is 1. The second kappa shape index (κ2) is 11.2. The maximum Gasteiger partial charge on any atom is 0.262 e. The Balaban J connectivity index is 1.41. The lowest BCUT2D eigenvalue weighted by Gasteiger charge is -2.11. The molecule has 0 spiro atoms. The Morgan fingerprint density at radius 1 is 1.00 bits per heavy atom. The number of anilines is 1. The van der Waals surface area contributed by atoms with E-state index < -0.39 is 0 Å². The zero-order chi connectivity index (χ0) is 24.8.